The van der Waals surface area contributed by atoms with Gasteiger partial charge in [-0.1, -0.05) is 23.4 Å². The van der Waals surface area contributed by atoms with Crippen molar-refractivity contribution in [3.05, 3.63) is 64.6 Å². The van der Waals surface area contributed by atoms with Crippen LogP contribution in [-0.2, 0) is 10.9 Å². The molecule has 0 aliphatic carbocycles. The van der Waals surface area contributed by atoms with Gasteiger partial charge in [-0.2, -0.15) is 13.2 Å². The number of nitrogens with two attached hydrogens (primary N) is 1. The highest BCUT2D eigenvalue weighted by molar-refractivity contribution is 7.99. The van der Waals surface area contributed by atoms with Gasteiger partial charge in [-0.05, 0) is 18.2 Å². The minimum atomic E-state index is -5.24. The molecule has 0 spiro atoms. The molecule has 2 aromatic rings. The van der Waals surface area contributed by atoms with E-state index in [1.165, 1.54) is 12.4 Å². The molecule has 0 bridgehead atoms. The summed E-state index contributed by atoms with van der Waals surface area (Å²) in [4.78, 5) is 4.44. The molecule has 1 aliphatic rings. The molecule has 5 atom stereocenters. The molecule has 35 heavy (non-hydrogen) atoms. The van der Waals surface area contributed by atoms with Crippen molar-refractivity contribution < 1.29 is 42.0 Å². The Hall–Kier alpha value is -2.20. The number of hydrazine groups is 1. The summed E-state index contributed by atoms with van der Waals surface area (Å²) >= 11 is 6.92. The highest BCUT2D eigenvalue weighted by Gasteiger charge is 2.44. The number of nitrogens with zero attached hydrogens (tertiary/aromatic N) is 1. The summed E-state index contributed by atoms with van der Waals surface area (Å²) in [5, 5.41) is 33.8. The van der Waals surface area contributed by atoms with E-state index in [-0.39, 0.29) is 11.3 Å². The number of rotatable bonds is 7. The lowest BCUT2D eigenvalue weighted by molar-refractivity contribution is -0.164. The number of hydrogen-bond donors (Lipinski definition) is 6. The molecule has 1 aromatic heterocycles. The zero-order valence-corrected chi connectivity index (χ0v) is 19.1. The van der Waals surface area contributed by atoms with Gasteiger partial charge in [0.05, 0.1) is 23.4 Å². The van der Waals surface area contributed by atoms with Gasteiger partial charge in [0, 0.05) is 29.1 Å². The number of ether oxygens (including phenoxy) is 1. The summed E-state index contributed by atoms with van der Waals surface area (Å²) in [6, 6.07) is 1.22. The van der Waals surface area contributed by atoms with E-state index in [9.17, 15) is 37.3 Å². The Morgan fingerprint density at radius 2 is 1.83 bits per heavy atom. The van der Waals surface area contributed by atoms with Crippen LogP contribution in [0.5, 0.6) is 0 Å². The third-order valence-corrected chi connectivity index (χ3v) is 6.35. The van der Waals surface area contributed by atoms with Gasteiger partial charge >= 0.3 is 6.18 Å². The molecule has 192 valence electrons. The van der Waals surface area contributed by atoms with Crippen molar-refractivity contribution >= 4 is 29.1 Å². The molecule has 1 aliphatic heterocycles. The first-order chi connectivity index (χ1) is 16.5. The normalized spacial score (nSPS) is 25.4. The van der Waals surface area contributed by atoms with Crippen LogP contribution in [0, 0.1) is 11.6 Å². The number of halogens is 6. The van der Waals surface area contributed by atoms with Crippen molar-refractivity contribution in [3.8, 4) is 0 Å². The van der Waals surface area contributed by atoms with Crippen molar-refractivity contribution in [2.24, 2.45) is 5.84 Å². The minimum Gasteiger partial charge on any atom is -0.394 e. The van der Waals surface area contributed by atoms with Gasteiger partial charge in [-0.15, -0.1) is 0 Å². The minimum absolute atomic E-state index is 0.258. The summed E-state index contributed by atoms with van der Waals surface area (Å²) in [6.07, 6.45) is -5.38. The van der Waals surface area contributed by atoms with Gasteiger partial charge in [0.15, 0.2) is 0 Å². The molecule has 7 N–H and O–H groups in total. The number of aromatic nitrogens is 1. The maximum absolute atomic E-state index is 14.0. The fourth-order valence-corrected chi connectivity index (χ4v) is 4.69. The molecule has 1 aromatic carbocycles. The molecular weight excluding hydrogens is 523 g/mol. The Morgan fingerprint density at radius 1 is 1.17 bits per heavy atom. The quantitative estimate of drug-likeness (QED) is 0.176. The fourth-order valence-electron chi connectivity index (χ4n) is 3.36. The van der Waals surface area contributed by atoms with Crippen molar-refractivity contribution in [2.75, 3.05) is 6.61 Å². The smallest absolute Gasteiger partial charge is 0.394 e. The summed E-state index contributed by atoms with van der Waals surface area (Å²) in [5.41, 5.74) is -1.61. The second-order valence-corrected chi connectivity index (χ2v) is 8.98. The fraction of sp³-hybridized carbons (Fsp3) is 0.350. The molecule has 15 heteroatoms. The van der Waals surface area contributed by atoms with E-state index in [4.69, 9.17) is 22.2 Å². The zero-order valence-electron chi connectivity index (χ0n) is 17.5. The molecule has 0 saturated carbocycles. The predicted molar refractivity (Wildman–Crippen MR) is 116 cm³/mol. The van der Waals surface area contributed by atoms with Gasteiger partial charge < -0.3 is 30.8 Å². The first-order valence-corrected chi connectivity index (χ1v) is 11.1. The molecule has 1 saturated heterocycles. The van der Waals surface area contributed by atoms with Crippen molar-refractivity contribution in [1.29, 1.82) is 0 Å². The Bertz CT molecular complexity index is 1060. The molecule has 2 heterocycles. The monoisotopic (exact) mass is 542 g/mol. The average Bonchev–Trinajstić information content (AvgIpc) is 2.76. The summed E-state index contributed by atoms with van der Waals surface area (Å²) in [5.74, 6) is 1.66. The number of nitrogens with one attached hydrogen (secondary N) is 2. The van der Waals surface area contributed by atoms with E-state index in [0.717, 1.165) is 18.0 Å². The lowest BCUT2D eigenvalue weighted by Gasteiger charge is -2.42. The number of thioether (sulfide) groups is 1. The van der Waals surface area contributed by atoms with Crippen LogP contribution in [0.25, 0.3) is 5.70 Å². The maximum atomic E-state index is 14.0. The summed E-state index contributed by atoms with van der Waals surface area (Å²) in [7, 11) is 0. The maximum Gasteiger partial charge on any atom is 0.422 e. The number of benzene rings is 1. The van der Waals surface area contributed by atoms with Crippen LogP contribution in [0.4, 0.5) is 22.0 Å². The predicted octanol–water partition coefficient (Wildman–Crippen LogP) is 1.98. The van der Waals surface area contributed by atoms with Gasteiger partial charge in [0.2, 0.25) is 0 Å². The zero-order chi connectivity index (χ0) is 25.9. The van der Waals surface area contributed by atoms with Gasteiger partial charge in [-0.25, -0.2) is 8.78 Å². The Kier molecular flexibility index (Phi) is 8.80. The van der Waals surface area contributed by atoms with Crippen molar-refractivity contribution in [1.82, 2.24) is 15.7 Å². The molecule has 8 nitrogen and oxygen atoms in total. The van der Waals surface area contributed by atoms with E-state index in [1.54, 1.807) is 6.07 Å². The van der Waals surface area contributed by atoms with Crippen LogP contribution < -0.4 is 16.6 Å². The van der Waals surface area contributed by atoms with Gasteiger partial charge in [0.1, 0.15) is 40.9 Å². The third-order valence-electron chi connectivity index (χ3n) is 5.03. The van der Waals surface area contributed by atoms with E-state index in [0.29, 0.717) is 22.1 Å². The molecule has 0 radical (unpaired) electrons. The number of hydrogen-bond acceptors (Lipinski definition) is 9. The molecule has 3 unspecified atom stereocenters. The highest BCUT2D eigenvalue weighted by Crippen LogP contribution is 2.36. The van der Waals surface area contributed by atoms with E-state index in [2.05, 4.69) is 15.7 Å². The van der Waals surface area contributed by atoms with Crippen LogP contribution in [0.3, 0.4) is 0 Å². The standard InChI is InChI=1S/C20H20ClF5N4O4S/c21-9-3-10(5-28-4-9)35-19-18(33)16(17(32)14(7-31)34-19)29-6-13(30-27)8-1-11(22)15(12(23)2-8)20(24,25)26/h1-6,14,16-19,29-33H,7,27H2/b13-6-/t14?,16?,17-,18?,19+/m0/s1. The van der Waals surface area contributed by atoms with Gasteiger partial charge in [-0.3, -0.25) is 10.8 Å². The Morgan fingerprint density at radius 3 is 2.37 bits per heavy atom. The second-order valence-electron chi connectivity index (χ2n) is 7.37. The second kappa shape index (κ2) is 11.2. The SMILES string of the molecule is NN/C(=C\NC1C(O)[C@@H](Sc2cncc(Cl)c2)OC(CO)[C@@H]1O)c1cc(F)c(C(F)(F)F)c(F)c1. The molecular formula is C20H20ClF5N4O4S. The molecule has 0 amide bonds. The topological polar surface area (TPSA) is 133 Å². The lowest BCUT2D eigenvalue weighted by Crippen LogP contribution is -2.62. The van der Waals surface area contributed by atoms with Crippen LogP contribution in [-0.4, -0.2) is 56.7 Å². The molecule has 1 fully saturated rings. The number of aliphatic hydroxyl groups is 3. The highest BCUT2D eigenvalue weighted by atomic mass is 35.5. The van der Waals surface area contributed by atoms with Crippen LogP contribution in [0.15, 0.2) is 41.7 Å². The van der Waals surface area contributed by atoms with Crippen molar-refractivity contribution in [3.63, 3.8) is 0 Å². The Labute approximate surface area is 204 Å². The van der Waals surface area contributed by atoms with E-state index >= 15 is 0 Å². The van der Waals surface area contributed by atoms with Crippen LogP contribution in [0.1, 0.15) is 11.1 Å². The van der Waals surface area contributed by atoms with Crippen LogP contribution >= 0.6 is 23.4 Å². The van der Waals surface area contributed by atoms with E-state index < -0.39 is 59.8 Å². The lowest BCUT2D eigenvalue weighted by atomic mass is 9.97. The first kappa shape index (κ1) is 27.4. The van der Waals surface area contributed by atoms with Gasteiger partial charge in [0.25, 0.3) is 0 Å². The van der Waals surface area contributed by atoms with Crippen molar-refractivity contribution in [2.45, 2.75) is 40.9 Å². The number of aliphatic hydroxyl groups excluding tert-OH is 3. The number of pyridine rings is 1. The third kappa shape index (κ3) is 6.33. The first-order valence-electron chi connectivity index (χ1n) is 9.85. The summed E-state index contributed by atoms with van der Waals surface area (Å²) < 4.78 is 72.1. The van der Waals surface area contributed by atoms with Crippen LogP contribution in [0.2, 0.25) is 5.02 Å². The Balaban J connectivity index is 1.86. The largest absolute Gasteiger partial charge is 0.422 e. The van der Waals surface area contributed by atoms with E-state index in [1.807, 2.05) is 0 Å². The average molecular weight is 543 g/mol. The summed E-state index contributed by atoms with van der Waals surface area (Å²) in [6.45, 7) is -0.613. The molecule has 3 rings (SSSR count). The number of alkyl halides is 3.